The highest BCUT2D eigenvalue weighted by Gasteiger charge is 2.23. The summed E-state index contributed by atoms with van der Waals surface area (Å²) >= 11 is 0. The van der Waals surface area contributed by atoms with Crippen molar-refractivity contribution in [3.63, 3.8) is 0 Å². The summed E-state index contributed by atoms with van der Waals surface area (Å²) in [6.07, 6.45) is 3.37. The van der Waals surface area contributed by atoms with Gasteiger partial charge >= 0.3 is 6.09 Å². The highest BCUT2D eigenvalue weighted by atomic mass is 127. The number of nitrogens with one attached hydrogen (secondary N) is 1. The predicted octanol–water partition coefficient (Wildman–Crippen LogP) is 1.57. The zero-order valence-electron chi connectivity index (χ0n) is 15.4. The van der Waals surface area contributed by atoms with Crippen LogP contribution < -0.4 is 11.1 Å². The molecule has 1 heterocycles. The number of methoxy groups -OCH3 is 1. The molecule has 0 unspecified atom stereocenters. The van der Waals surface area contributed by atoms with Gasteiger partial charge in [-0.2, -0.15) is 0 Å². The van der Waals surface area contributed by atoms with Crippen molar-refractivity contribution in [3.05, 3.63) is 0 Å². The minimum absolute atomic E-state index is 0. The molecule has 0 aliphatic carbocycles. The minimum atomic E-state index is -0.231. The van der Waals surface area contributed by atoms with Crippen molar-refractivity contribution in [2.24, 2.45) is 10.7 Å². The molecule has 3 N–H and O–H groups in total. The highest BCUT2D eigenvalue weighted by molar-refractivity contribution is 14.0. The van der Waals surface area contributed by atoms with E-state index in [1.807, 2.05) is 6.92 Å². The number of likely N-dealkylation sites (tertiary alicyclic amines) is 1. The minimum Gasteiger partial charge on any atom is -0.450 e. The number of amides is 1. The third kappa shape index (κ3) is 11.4. The number of piperidine rings is 1. The third-order valence-corrected chi connectivity index (χ3v) is 3.78. The number of aliphatic imine (C=N–C) groups is 1. The first-order chi connectivity index (χ1) is 11.7. The SMILES string of the molecule is CCOC(=O)N1CCC(NC(N)=NCCCCOCCOC)CC1.I. The highest BCUT2D eigenvalue weighted by Crippen LogP contribution is 2.11. The summed E-state index contributed by atoms with van der Waals surface area (Å²) in [4.78, 5) is 17.7. The number of carbonyl (C=O) groups excluding carboxylic acids is 1. The fourth-order valence-corrected chi connectivity index (χ4v) is 2.44. The zero-order chi connectivity index (χ0) is 17.6. The molecule has 8 nitrogen and oxygen atoms in total. The number of carbonyl (C=O) groups is 1. The smallest absolute Gasteiger partial charge is 0.409 e. The second-order valence-corrected chi connectivity index (χ2v) is 5.68. The van der Waals surface area contributed by atoms with Crippen LogP contribution in [0.25, 0.3) is 0 Å². The molecule has 9 heteroatoms. The van der Waals surface area contributed by atoms with Crippen LogP contribution in [0.4, 0.5) is 4.79 Å². The Hall–Kier alpha value is -0.810. The van der Waals surface area contributed by atoms with E-state index in [0.717, 1.165) is 32.3 Å². The van der Waals surface area contributed by atoms with Gasteiger partial charge in [0.2, 0.25) is 0 Å². The lowest BCUT2D eigenvalue weighted by Gasteiger charge is -2.31. The number of halogens is 1. The van der Waals surface area contributed by atoms with Gasteiger partial charge in [-0.3, -0.25) is 4.99 Å². The summed E-state index contributed by atoms with van der Waals surface area (Å²) < 4.78 is 15.3. The maximum absolute atomic E-state index is 11.6. The van der Waals surface area contributed by atoms with E-state index in [1.165, 1.54) is 0 Å². The van der Waals surface area contributed by atoms with Gasteiger partial charge in [-0.05, 0) is 32.6 Å². The van der Waals surface area contributed by atoms with Gasteiger partial charge in [0.25, 0.3) is 0 Å². The molecule has 1 aliphatic rings. The van der Waals surface area contributed by atoms with Crippen LogP contribution in [-0.4, -0.2) is 76.2 Å². The zero-order valence-corrected chi connectivity index (χ0v) is 17.7. The maximum atomic E-state index is 11.6. The van der Waals surface area contributed by atoms with Gasteiger partial charge in [0.05, 0.1) is 19.8 Å². The van der Waals surface area contributed by atoms with Crippen molar-refractivity contribution in [1.82, 2.24) is 10.2 Å². The fraction of sp³-hybridized carbons (Fsp3) is 0.875. The van der Waals surface area contributed by atoms with Crippen LogP contribution >= 0.6 is 24.0 Å². The summed E-state index contributed by atoms with van der Waals surface area (Å²) in [5, 5.41) is 3.23. The Labute approximate surface area is 167 Å². The van der Waals surface area contributed by atoms with Crippen molar-refractivity contribution >= 4 is 36.0 Å². The summed E-state index contributed by atoms with van der Waals surface area (Å²) in [7, 11) is 1.66. The molecule has 0 aromatic carbocycles. The second-order valence-electron chi connectivity index (χ2n) is 5.68. The number of rotatable bonds is 10. The summed E-state index contributed by atoms with van der Waals surface area (Å²) in [6.45, 7) is 6.26. The monoisotopic (exact) mass is 472 g/mol. The molecule has 0 bridgehead atoms. The molecule has 0 saturated carbocycles. The first kappa shape index (κ1) is 24.2. The second kappa shape index (κ2) is 15.4. The lowest BCUT2D eigenvalue weighted by Crippen LogP contribution is -2.48. The molecule has 0 aromatic heterocycles. The van der Waals surface area contributed by atoms with E-state index in [1.54, 1.807) is 12.0 Å². The van der Waals surface area contributed by atoms with Gasteiger partial charge < -0.3 is 30.2 Å². The van der Waals surface area contributed by atoms with E-state index >= 15 is 0 Å². The van der Waals surface area contributed by atoms with Crippen LogP contribution in [0.1, 0.15) is 32.6 Å². The quantitative estimate of drug-likeness (QED) is 0.217. The number of nitrogens with two attached hydrogens (primary N) is 1. The first-order valence-corrected chi connectivity index (χ1v) is 8.72. The van der Waals surface area contributed by atoms with E-state index in [2.05, 4.69) is 10.3 Å². The molecule has 148 valence electrons. The average Bonchev–Trinajstić information content (AvgIpc) is 2.58. The van der Waals surface area contributed by atoms with Gasteiger partial charge in [-0.1, -0.05) is 0 Å². The summed E-state index contributed by atoms with van der Waals surface area (Å²) in [5.41, 5.74) is 5.91. The molecule has 1 amide bonds. The lowest BCUT2D eigenvalue weighted by atomic mass is 10.1. The lowest BCUT2D eigenvalue weighted by molar-refractivity contribution is 0.0690. The van der Waals surface area contributed by atoms with Crippen molar-refractivity contribution in [3.8, 4) is 0 Å². The van der Waals surface area contributed by atoms with Gasteiger partial charge in [0.15, 0.2) is 5.96 Å². The van der Waals surface area contributed by atoms with Gasteiger partial charge in [-0.15, -0.1) is 24.0 Å². The molecular formula is C16H33IN4O4. The van der Waals surface area contributed by atoms with Crippen LogP contribution in [0.3, 0.4) is 0 Å². The Kier molecular flexibility index (Phi) is 14.9. The molecule has 1 rings (SSSR count). The third-order valence-electron chi connectivity index (χ3n) is 3.78. The first-order valence-electron chi connectivity index (χ1n) is 8.72. The van der Waals surface area contributed by atoms with E-state index in [-0.39, 0.29) is 36.1 Å². The molecule has 0 radical (unpaired) electrons. The van der Waals surface area contributed by atoms with Crippen LogP contribution in [-0.2, 0) is 14.2 Å². The molecule has 0 aromatic rings. The Bertz CT molecular complexity index is 377. The number of hydrogen-bond donors (Lipinski definition) is 2. The average molecular weight is 472 g/mol. The van der Waals surface area contributed by atoms with Crippen LogP contribution in [0, 0.1) is 0 Å². The van der Waals surface area contributed by atoms with Crippen molar-refractivity contribution in [2.45, 2.75) is 38.6 Å². The molecule has 1 saturated heterocycles. The van der Waals surface area contributed by atoms with Gasteiger partial charge in [0.1, 0.15) is 0 Å². The number of unbranched alkanes of at least 4 members (excludes halogenated alkanes) is 1. The van der Waals surface area contributed by atoms with E-state index in [0.29, 0.717) is 45.4 Å². The molecule has 1 fully saturated rings. The van der Waals surface area contributed by atoms with E-state index < -0.39 is 0 Å². The van der Waals surface area contributed by atoms with Crippen LogP contribution in [0.5, 0.6) is 0 Å². The largest absolute Gasteiger partial charge is 0.450 e. The fourth-order valence-electron chi connectivity index (χ4n) is 2.44. The van der Waals surface area contributed by atoms with E-state index in [4.69, 9.17) is 19.9 Å². The summed E-state index contributed by atoms with van der Waals surface area (Å²) in [5.74, 6) is 0.477. The van der Waals surface area contributed by atoms with Crippen LogP contribution in [0.15, 0.2) is 4.99 Å². The Morgan fingerprint density at radius 2 is 1.96 bits per heavy atom. The number of nitrogens with zero attached hydrogens (tertiary/aromatic N) is 2. The predicted molar refractivity (Wildman–Crippen MR) is 109 cm³/mol. The standard InChI is InChI=1S/C16H32N4O4.HI/c1-3-24-16(21)20-9-6-14(7-10-20)19-15(17)18-8-4-5-11-23-13-12-22-2;/h14H,3-13H2,1-2H3,(H3,17,18,19);1H. The maximum Gasteiger partial charge on any atom is 0.409 e. The number of ether oxygens (including phenoxy) is 3. The van der Waals surface area contributed by atoms with Crippen LogP contribution in [0.2, 0.25) is 0 Å². The molecule has 0 spiro atoms. The topological polar surface area (TPSA) is 98.4 Å². The van der Waals surface area contributed by atoms with Crippen molar-refractivity contribution in [2.75, 3.05) is 53.2 Å². The number of hydrogen-bond acceptors (Lipinski definition) is 5. The molecule has 25 heavy (non-hydrogen) atoms. The van der Waals surface area contributed by atoms with E-state index in [9.17, 15) is 4.79 Å². The van der Waals surface area contributed by atoms with Gasteiger partial charge in [0, 0.05) is 39.4 Å². The molecule has 0 atom stereocenters. The Morgan fingerprint density at radius 3 is 2.60 bits per heavy atom. The van der Waals surface area contributed by atoms with Gasteiger partial charge in [-0.25, -0.2) is 4.79 Å². The molecule has 1 aliphatic heterocycles. The normalized spacial score (nSPS) is 15.6. The Morgan fingerprint density at radius 1 is 1.24 bits per heavy atom. The summed E-state index contributed by atoms with van der Waals surface area (Å²) in [6, 6.07) is 0.261. The Balaban J connectivity index is 0.00000576. The van der Waals surface area contributed by atoms with Crippen molar-refractivity contribution < 1.29 is 19.0 Å². The number of guanidine groups is 1. The van der Waals surface area contributed by atoms with Crippen molar-refractivity contribution in [1.29, 1.82) is 0 Å². The molecular weight excluding hydrogens is 439 g/mol.